The van der Waals surface area contributed by atoms with Crippen molar-refractivity contribution in [3.8, 4) is 0 Å². The number of aliphatic hydroxyl groups is 1. The first-order chi connectivity index (χ1) is 9.13. The molecule has 4 heteroatoms. The van der Waals surface area contributed by atoms with E-state index in [1.807, 2.05) is 6.92 Å². The lowest BCUT2D eigenvalue weighted by Crippen LogP contribution is -2.47. The zero-order valence-electron chi connectivity index (χ0n) is 13.0. The highest BCUT2D eigenvalue weighted by molar-refractivity contribution is 4.92. The minimum absolute atomic E-state index is 0.0967. The van der Waals surface area contributed by atoms with Gasteiger partial charge in [0.25, 0.3) is 0 Å². The van der Waals surface area contributed by atoms with Crippen LogP contribution in [0.2, 0.25) is 0 Å². The summed E-state index contributed by atoms with van der Waals surface area (Å²) in [4.78, 5) is 2.42. The largest absolute Gasteiger partial charge is 0.394 e. The number of nitrogens with one attached hydrogen (secondary N) is 1. The van der Waals surface area contributed by atoms with E-state index in [0.29, 0.717) is 6.04 Å². The van der Waals surface area contributed by atoms with E-state index in [1.54, 1.807) is 0 Å². The fourth-order valence-electron chi connectivity index (χ4n) is 2.38. The van der Waals surface area contributed by atoms with Crippen molar-refractivity contribution in [2.75, 3.05) is 39.5 Å². The van der Waals surface area contributed by atoms with Crippen LogP contribution in [-0.4, -0.2) is 61.0 Å². The van der Waals surface area contributed by atoms with Gasteiger partial charge in [0.1, 0.15) is 0 Å². The number of rotatable bonds is 12. The molecule has 0 spiro atoms. The Bertz CT molecular complexity index is 234. The molecule has 0 radical (unpaired) electrons. The molecule has 114 valence electrons. The zero-order chi connectivity index (χ0) is 14.1. The Labute approximate surface area is 118 Å². The van der Waals surface area contributed by atoms with Crippen molar-refractivity contribution < 1.29 is 9.84 Å². The molecular formula is C15H32N2O2. The fourth-order valence-corrected chi connectivity index (χ4v) is 2.38. The molecule has 1 aliphatic carbocycles. The van der Waals surface area contributed by atoms with Crippen molar-refractivity contribution in [1.82, 2.24) is 10.2 Å². The molecule has 1 atom stereocenters. The molecule has 1 fully saturated rings. The quantitative estimate of drug-likeness (QED) is 0.530. The van der Waals surface area contributed by atoms with Crippen LogP contribution in [0.4, 0.5) is 0 Å². The second-order valence-electron chi connectivity index (χ2n) is 5.87. The van der Waals surface area contributed by atoms with Gasteiger partial charge in [-0.25, -0.2) is 0 Å². The maximum absolute atomic E-state index is 9.56. The lowest BCUT2D eigenvalue weighted by atomic mass is 9.96. The summed E-state index contributed by atoms with van der Waals surface area (Å²) < 4.78 is 5.40. The second kappa shape index (κ2) is 8.90. The van der Waals surface area contributed by atoms with Gasteiger partial charge in [0.05, 0.1) is 13.2 Å². The first-order valence-electron chi connectivity index (χ1n) is 7.82. The van der Waals surface area contributed by atoms with Gasteiger partial charge in [0, 0.05) is 24.7 Å². The smallest absolute Gasteiger partial charge is 0.0610 e. The molecule has 1 unspecified atom stereocenters. The van der Waals surface area contributed by atoms with Gasteiger partial charge in [-0.15, -0.1) is 0 Å². The highest BCUT2D eigenvalue weighted by Crippen LogP contribution is 2.24. The minimum Gasteiger partial charge on any atom is -0.394 e. The van der Waals surface area contributed by atoms with Crippen molar-refractivity contribution in [1.29, 1.82) is 0 Å². The van der Waals surface area contributed by atoms with Gasteiger partial charge in [-0.1, -0.05) is 6.92 Å². The number of hydrogen-bond donors (Lipinski definition) is 2. The summed E-state index contributed by atoms with van der Waals surface area (Å²) >= 11 is 0. The molecule has 1 saturated carbocycles. The van der Waals surface area contributed by atoms with Crippen LogP contribution in [0.15, 0.2) is 0 Å². The second-order valence-corrected chi connectivity index (χ2v) is 5.87. The van der Waals surface area contributed by atoms with Gasteiger partial charge >= 0.3 is 0 Å². The van der Waals surface area contributed by atoms with Crippen LogP contribution in [0.1, 0.15) is 46.5 Å². The Morgan fingerprint density at radius 1 is 1.32 bits per heavy atom. The highest BCUT2D eigenvalue weighted by atomic mass is 16.5. The van der Waals surface area contributed by atoms with Crippen LogP contribution in [0.25, 0.3) is 0 Å². The molecule has 0 aromatic heterocycles. The molecule has 1 aliphatic rings. The van der Waals surface area contributed by atoms with Crippen LogP contribution in [0, 0.1) is 0 Å². The van der Waals surface area contributed by atoms with Crippen LogP contribution in [-0.2, 0) is 4.74 Å². The molecule has 0 heterocycles. The summed E-state index contributed by atoms with van der Waals surface area (Å²) in [5.41, 5.74) is -0.0967. The van der Waals surface area contributed by atoms with Gasteiger partial charge in [0.2, 0.25) is 0 Å². The Kier molecular flexibility index (Phi) is 7.91. The Hall–Kier alpha value is -0.160. The molecule has 1 rings (SSSR count). The number of nitrogens with zero attached hydrogens (tertiary/aromatic N) is 1. The third kappa shape index (κ3) is 7.25. The van der Waals surface area contributed by atoms with Gasteiger partial charge in [0.15, 0.2) is 0 Å². The van der Waals surface area contributed by atoms with Crippen molar-refractivity contribution in [3.05, 3.63) is 0 Å². The first kappa shape index (κ1) is 16.9. The standard InChI is InChI=1S/C15H32N2O2/c1-4-17(11-12-19-5-2)10-6-9-15(3,13-18)16-14-7-8-14/h14,16,18H,4-13H2,1-3H3. The van der Waals surface area contributed by atoms with E-state index in [2.05, 4.69) is 24.1 Å². The fraction of sp³-hybridized carbons (Fsp3) is 1.00. The van der Waals surface area contributed by atoms with Crippen molar-refractivity contribution in [3.63, 3.8) is 0 Å². The maximum atomic E-state index is 9.56. The van der Waals surface area contributed by atoms with Gasteiger partial charge in [-0.2, -0.15) is 0 Å². The van der Waals surface area contributed by atoms with E-state index >= 15 is 0 Å². The normalized spacial score (nSPS) is 18.8. The first-order valence-corrected chi connectivity index (χ1v) is 7.82. The topological polar surface area (TPSA) is 44.7 Å². The van der Waals surface area contributed by atoms with Crippen molar-refractivity contribution >= 4 is 0 Å². The van der Waals surface area contributed by atoms with E-state index in [9.17, 15) is 5.11 Å². The molecule has 0 aromatic carbocycles. The molecule has 0 aliphatic heterocycles. The summed E-state index contributed by atoms with van der Waals surface area (Å²) in [5, 5.41) is 13.1. The average molecular weight is 272 g/mol. The summed E-state index contributed by atoms with van der Waals surface area (Å²) in [6.45, 7) is 11.4. The van der Waals surface area contributed by atoms with Crippen LogP contribution >= 0.6 is 0 Å². The predicted octanol–water partition coefficient (Wildman–Crippen LogP) is 1.63. The van der Waals surface area contributed by atoms with E-state index < -0.39 is 0 Å². The SMILES string of the molecule is CCOCCN(CC)CCCC(C)(CO)NC1CC1. The third-order valence-electron chi connectivity index (χ3n) is 3.88. The summed E-state index contributed by atoms with van der Waals surface area (Å²) in [5.74, 6) is 0. The predicted molar refractivity (Wildman–Crippen MR) is 79.5 cm³/mol. The van der Waals surface area contributed by atoms with E-state index in [4.69, 9.17) is 4.74 Å². The minimum atomic E-state index is -0.0967. The molecule has 4 nitrogen and oxygen atoms in total. The highest BCUT2D eigenvalue weighted by Gasteiger charge is 2.31. The summed E-state index contributed by atoms with van der Waals surface area (Å²) in [6, 6.07) is 0.650. The molecule has 0 aromatic rings. The number of likely N-dealkylation sites (N-methyl/N-ethyl adjacent to an activating group) is 1. The van der Waals surface area contributed by atoms with Crippen molar-refractivity contribution in [2.24, 2.45) is 0 Å². The molecular weight excluding hydrogens is 240 g/mol. The lowest BCUT2D eigenvalue weighted by Gasteiger charge is -2.30. The lowest BCUT2D eigenvalue weighted by molar-refractivity contribution is 0.110. The Balaban J connectivity index is 2.17. The van der Waals surface area contributed by atoms with Crippen LogP contribution in [0.5, 0.6) is 0 Å². The molecule has 2 N–H and O–H groups in total. The summed E-state index contributed by atoms with van der Waals surface area (Å²) in [6.07, 6.45) is 4.69. The van der Waals surface area contributed by atoms with E-state index in [1.165, 1.54) is 12.8 Å². The maximum Gasteiger partial charge on any atom is 0.0610 e. The van der Waals surface area contributed by atoms with Crippen molar-refractivity contribution in [2.45, 2.75) is 58.0 Å². The number of ether oxygens (including phenoxy) is 1. The van der Waals surface area contributed by atoms with Crippen LogP contribution < -0.4 is 5.32 Å². The third-order valence-corrected chi connectivity index (χ3v) is 3.88. The molecule has 19 heavy (non-hydrogen) atoms. The van der Waals surface area contributed by atoms with Gasteiger partial charge in [-0.05, 0) is 52.6 Å². The monoisotopic (exact) mass is 272 g/mol. The number of hydrogen-bond acceptors (Lipinski definition) is 4. The molecule has 0 bridgehead atoms. The van der Waals surface area contributed by atoms with Crippen LogP contribution in [0.3, 0.4) is 0 Å². The molecule has 0 amide bonds. The van der Waals surface area contributed by atoms with E-state index in [-0.39, 0.29) is 12.1 Å². The van der Waals surface area contributed by atoms with E-state index in [0.717, 1.165) is 45.7 Å². The average Bonchev–Trinajstić information content (AvgIpc) is 3.21. The Morgan fingerprint density at radius 3 is 2.58 bits per heavy atom. The summed E-state index contributed by atoms with van der Waals surface area (Å²) in [7, 11) is 0. The zero-order valence-corrected chi connectivity index (χ0v) is 13.0. The molecule has 0 saturated heterocycles. The van der Waals surface area contributed by atoms with Gasteiger partial charge in [-0.3, -0.25) is 0 Å². The van der Waals surface area contributed by atoms with Gasteiger partial charge < -0.3 is 20.1 Å². The Morgan fingerprint density at radius 2 is 2.05 bits per heavy atom. The number of aliphatic hydroxyl groups excluding tert-OH is 1.